The molecule has 0 unspecified atom stereocenters. The van der Waals surface area contributed by atoms with E-state index in [1.807, 2.05) is 18.2 Å². The molecule has 0 saturated heterocycles. The van der Waals surface area contributed by atoms with E-state index in [4.69, 9.17) is 20.6 Å². The molecule has 0 atom stereocenters. The monoisotopic (exact) mass is 320 g/mol. The van der Waals surface area contributed by atoms with Gasteiger partial charge in [0.25, 0.3) is 0 Å². The molecular weight excluding hydrogens is 300 g/mol. The van der Waals surface area contributed by atoms with Gasteiger partial charge < -0.3 is 9.47 Å². The highest BCUT2D eigenvalue weighted by Gasteiger charge is 2.21. The van der Waals surface area contributed by atoms with Crippen LogP contribution in [-0.2, 0) is 10.8 Å². The predicted molar refractivity (Wildman–Crippen MR) is 91.4 cm³/mol. The highest BCUT2D eigenvalue weighted by atomic mass is 35.6. The van der Waals surface area contributed by atoms with Gasteiger partial charge in [0.1, 0.15) is 5.75 Å². The van der Waals surface area contributed by atoms with E-state index in [2.05, 4.69) is 43.4 Å². The molecule has 2 rings (SSSR count). The molecule has 0 aliphatic rings. The Labute approximate surface area is 132 Å². The SMILES string of the molecule is COCOc1c(C[Si](C)(C)Cl)cccc1-c1ccccc1. The van der Waals surface area contributed by atoms with Crippen LogP contribution in [0.5, 0.6) is 5.75 Å². The van der Waals surface area contributed by atoms with Gasteiger partial charge in [0.05, 0.1) is 0 Å². The molecule has 0 saturated carbocycles. The van der Waals surface area contributed by atoms with Crippen LogP contribution in [0.3, 0.4) is 0 Å². The van der Waals surface area contributed by atoms with E-state index in [1.54, 1.807) is 7.11 Å². The minimum absolute atomic E-state index is 0.237. The standard InChI is InChI=1S/C17H21ClO2Si/c1-19-13-20-17-15(12-21(2,3)18)10-7-11-16(17)14-8-5-4-6-9-14/h4-11H,12-13H2,1-3H3. The van der Waals surface area contributed by atoms with Gasteiger partial charge in [-0.2, -0.15) is 11.1 Å². The molecule has 2 aromatic carbocycles. The number of methoxy groups -OCH3 is 1. The predicted octanol–water partition coefficient (Wildman–Crippen LogP) is 4.86. The number of rotatable bonds is 6. The smallest absolute Gasteiger partial charge is 0.188 e. The van der Waals surface area contributed by atoms with Crippen LogP contribution in [0.15, 0.2) is 48.5 Å². The summed E-state index contributed by atoms with van der Waals surface area (Å²) in [6.07, 6.45) is 0. The van der Waals surface area contributed by atoms with Crippen molar-refractivity contribution in [3.63, 3.8) is 0 Å². The Morgan fingerprint density at radius 2 is 1.71 bits per heavy atom. The first-order valence-electron chi connectivity index (χ1n) is 6.99. The summed E-state index contributed by atoms with van der Waals surface area (Å²) in [5, 5.41) is 0. The van der Waals surface area contributed by atoms with Gasteiger partial charge in [-0.1, -0.05) is 61.6 Å². The van der Waals surface area contributed by atoms with E-state index >= 15 is 0 Å². The molecule has 0 fully saturated rings. The maximum atomic E-state index is 6.52. The number of hydrogen-bond donors (Lipinski definition) is 0. The first-order valence-corrected chi connectivity index (χ1v) is 11.2. The lowest BCUT2D eigenvalue weighted by Gasteiger charge is -2.19. The highest BCUT2D eigenvalue weighted by molar-refractivity contribution is 7.18. The van der Waals surface area contributed by atoms with E-state index in [1.165, 1.54) is 0 Å². The number of ether oxygens (including phenoxy) is 2. The summed E-state index contributed by atoms with van der Waals surface area (Å²) in [6, 6.07) is 17.3. The fourth-order valence-corrected chi connectivity index (χ4v) is 3.93. The molecule has 2 nitrogen and oxygen atoms in total. The topological polar surface area (TPSA) is 18.5 Å². The van der Waals surface area contributed by atoms with E-state index in [-0.39, 0.29) is 6.79 Å². The zero-order chi connectivity index (χ0) is 15.3. The molecule has 0 amide bonds. The normalized spacial score (nSPS) is 11.4. The molecule has 4 heteroatoms. The summed E-state index contributed by atoms with van der Waals surface area (Å²) >= 11 is 6.52. The number of halogens is 1. The molecule has 0 bridgehead atoms. The first-order chi connectivity index (χ1) is 10.0. The molecule has 0 N–H and O–H groups in total. The third-order valence-corrected chi connectivity index (χ3v) is 4.74. The van der Waals surface area contributed by atoms with Gasteiger partial charge in [-0.25, -0.2) is 0 Å². The van der Waals surface area contributed by atoms with E-state index in [0.717, 1.165) is 28.5 Å². The number of hydrogen-bond acceptors (Lipinski definition) is 2. The zero-order valence-electron chi connectivity index (χ0n) is 12.7. The van der Waals surface area contributed by atoms with Crippen molar-refractivity contribution >= 4 is 18.5 Å². The largest absolute Gasteiger partial charge is 0.467 e. The molecule has 0 aliphatic heterocycles. The molecular formula is C17H21ClO2Si. The Kier molecular flexibility index (Phi) is 5.45. The van der Waals surface area contributed by atoms with Gasteiger partial charge in [0, 0.05) is 12.7 Å². The first kappa shape index (κ1) is 16.1. The number of para-hydroxylation sites is 1. The van der Waals surface area contributed by atoms with Crippen molar-refractivity contribution in [3.8, 4) is 16.9 Å². The van der Waals surface area contributed by atoms with E-state index < -0.39 is 7.38 Å². The average molecular weight is 321 g/mol. The van der Waals surface area contributed by atoms with Crippen LogP contribution < -0.4 is 4.74 Å². The third kappa shape index (κ3) is 4.60. The second kappa shape index (κ2) is 7.12. The molecule has 0 aromatic heterocycles. The molecule has 0 spiro atoms. The minimum atomic E-state index is -1.74. The Morgan fingerprint density at radius 3 is 2.33 bits per heavy atom. The second-order valence-corrected chi connectivity index (χ2v) is 12.5. The van der Waals surface area contributed by atoms with Gasteiger partial charge in [0.15, 0.2) is 14.2 Å². The summed E-state index contributed by atoms with van der Waals surface area (Å²) in [5.74, 6) is 0.881. The lowest BCUT2D eigenvalue weighted by atomic mass is 10.0. The Balaban J connectivity index is 2.46. The Morgan fingerprint density at radius 1 is 1.00 bits per heavy atom. The van der Waals surface area contributed by atoms with Crippen molar-refractivity contribution in [2.45, 2.75) is 19.1 Å². The van der Waals surface area contributed by atoms with Crippen LogP contribution in [0.1, 0.15) is 5.56 Å². The fourth-order valence-electron chi connectivity index (χ4n) is 2.31. The number of benzene rings is 2. The summed E-state index contributed by atoms with van der Waals surface area (Å²) in [6.45, 7) is 4.52. The summed E-state index contributed by atoms with van der Waals surface area (Å²) in [4.78, 5) is 0. The molecule has 0 aliphatic carbocycles. The van der Waals surface area contributed by atoms with Crippen LogP contribution in [0.4, 0.5) is 0 Å². The van der Waals surface area contributed by atoms with Crippen molar-refractivity contribution < 1.29 is 9.47 Å². The second-order valence-electron chi connectivity index (χ2n) is 5.61. The Hall–Kier alpha value is -1.29. The van der Waals surface area contributed by atoms with Gasteiger partial charge in [-0.3, -0.25) is 0 Å². The van der Waals surface area contributed by atoms with Crippen LogP contribution in [0.2, 0.25) is 13.1 Å². The van der Waals surface area contributed by atoms with Gasteiger partial charge in [0.2, 0.25) is 0 Å². The minimum Gasteiger partial charge on any atom is -0.467 e. The zero-order valence-corrected chi connectivity index (χ0v) is 14.5. The van der Waals surface area contributed by atoms with Crippen molar-refractivity contribution in [1.82, 2.24) is 0 Å². The van der Waals surface area contributed by atoms with Crippen LogP contribution in [-0.4, -0.2) is 21.3 Å². The van der Waals surface area contributed by atoms with Gasteiger partial charge in [-0.05, 0) is 17.2 Å². The quantitative estimate of drug-likeness (QED) is 0.430. The lowest BCUT2D eigenvalue weighted by molar-refractivity contribution is 0.0510. The Bertz CT molecular complexity index is 579. The van der Waals surface area contributed by atoms with Gasteiger partial charge in [-0.15, -0.1) is 0 Å². The fraction of sp³-hybridized carbons (Fsp3) is 0.294. The maximum Gasteiger partial charge on any atom is 0.188 e. The molecule has 0 heterocycles. The van der Waals surface area contributed by atoms with E-state index in [9.17, 15) is 0 Å². The molecule has 112 valence electrons. The molecule has 2 aromatic rings. The van der Waals surface area contributed by atoms with Crippen LogP contribution in [0.25, 0.3) is 11.1 Å². The van der Waals surface area contributed by atoms with Crippen molar-refractivity contribution in [3.05, 3.63) is 54.1 Å². The highest BCUT2D eigenvalue weighted by Crippen LogP contribution is 2.35. The summed E-state index contributed by atoms with van der Waals surface area (Å²) in [7, 11) is -0.111. The van der Waals surface area contributed by atoms with Crippen molar-refractivity contribution in [1.29, 1.82) is 0 Å². The molecule has 21 heavy (non-hydrogen) atoms. The van der Waals surface area contributed by atoms with Crippen molar-refractivity contribution in [2.75, 3.05) is 13.9 Å². The van der Waals surface area contributed by atoms with Gasteiger partial charge >= 0.3 is 0 Å². The van der Waals surface area contributed by atoms with E-state index in [0.29, 0.717) is 0 Å². The molecule has 0 radical (unpaired) electrons. The lowest BCUT2D eigenvalue weighted by Crippen LogP contribution is -2.21. The average Bonchev–Trinajstić information content (AvgIpc) is 2.45. The van der Waals surface area contributed by atoms with Crippen molar-refractivity contribution in [2.24, 2.45) is 0 Å². The third-order valence-electron chi connectivity index (χ3n) is 3.11. The van der Waals surface area contributed by atoms with Crippen LogP contribution >= 0.6 is 11.1 Å². The van der Waals surface area contributed by atoms with Crippen LogP contribution in [0, 0.1) is 0 Å². The maximum absolute atomic E-state index is 6.52. The summed E-state index contributed by atoms with van der Waals surface area (Å²) in [5.41, 5.74) is 3.37. The summed E-state index contributed by atoms with van der Waals surface area (Å²) < 4.78 is 10.9.